The van der Waals surface area contributed by atoms with Crippen LogP contribution in [0.2, 0.25) is 0 Å². The second kappa shape index (κ2) is 7.77. The van der Waals surface area contributed by atoms with E-state index in [2.05, 4.69) is 20.9 Å². The number of H-pyrrole nitrogens is 1. The Morgan fingerprint density at radius 1 is 1.07 bits per heavy atom. The average molecular weight is 421 g/mol. The lowest BCUT2D eigenvalue weighted by Crippen LogP contribution is -2.16. The molecule has 0 radical (unpaired) electrons. The summed E-state index contributed by atoms with van der Waals surface area (Å²) in [6.45, 7) is 0.277. The predicted molar refractivity (Wildman–Crippen MR) is 105 cm³/mol. The van der Waals surface area contributed by atoms with Crippen molar-refractivity contribution in [2.45, 2.75) is 6.61 Å². The Morgan fingerprint density at radius 3 is 2.52 bits per heavy atom. The van der Waals surface area contributed by atoms with Gasteiger partial charge in [0.15, 0.2) is 0 Å². The van der Waals surface area contributed by atoms with Crippen LogP contribution in [0.25, 0.3) is 11.1 Å². The fourth-order valence-corrected chi connectivity index (χ4v) is 3.15. The molecule has 0 bridgehead atoms. The minimum Gasteiger partial charge on any atom is -0.488 e. The van der Waals surface area contributed by atoms with Gasteiger partial charge in [-0.3, -0.25) is 4.79 Å². The summed E-state index contributed by atoms with van der Waals surface area (Å²) < 4.78 is 6.85. The Balaban J connectivity index is 2.11. The molecule has 27 heavy (non-hydrogen) atoms. The molecular weight excluding hydrogens is 408 g/mol. The van der Waals surface area contributed by atoms with Crippen molar-refractivity contribution in [1.29, 1.82) is 10.5 Å². The number of anilines is 1. The van der Waals surface area contributed by atoms with Gasteiger partial charge < -0.3 is 15.5 Å². The van der Waals surface area contributed by atoms with Gasteiger partial charge in [0.05, 0.1) is 0 Å². The number of rotatable bonds is 4. The number of nitrogen functional groups attached to an aromatic ring is 1. The van der Waals surface area contributed by atoms with E-state index < -0.39 is 5.56 Å². The van der Waals surface area contributed by atoms with Crippen LogP contribution in [0.1, 0.15) is 16.7 Å². The van der Waals surface area contributed by atoms with Crippen LogP contribution in [0.4, 0.5) is 5.82 Å². The highest BCUT2D eigenvalue weighted by molar-refractivity contribution is 9.10. The van der Waals surface area contributed by atoms with Gasteiger partial charge >= 0.3 is 0 Å². The van der Waals surface area contributed by atoms with E-state index in [9.17, 15) is 15.3 Å². The Labute approximate surface area is 163 Å². The number of benzene rings is 2. The first-order chi connectivity index (χ1) is 13.0. The summed E-state index contributed by atoms with van der Waals surface area (Å²) in [5, 5.41) is 18.9. The van der Waals surface area contributed by atoms with Crippen LogP contribution < -0.4 is 16.0 Å². The smallest absolute Gasteiger partial charge is 0.268 e. The third-order valence-electron chi connectivity index (χ3n) is 3.91. The molecule has 1 heterocycles. The van der Waals surface area contributed by atoms with Crippen molar-refractivity contribution < 1.29 is 4.74 Å². The summed E-state index contributed by atoms with van der Waals surface area (Å²) in [7, 11) is 0. The van der Waals surface area contributed by atoms with Crippen LogP contribution in [0.3, 0.4) is 0 Å². The molecule has 0 aliphatic carbocycles. The number of para-hydroxylation sites is 1. The largest absolute Gasteiger partial charge is 0.488 e. The number of nitrogens with one attached hydrogen (secondary N) is 1. The van der Waals surface area contributed by atoms with E-state index in [1.54, 1.807) is 24.3 Å². The topological polar surface area (TPSA) is 116 Å². The maximum atomic E-state index is 12.1. The van der Waals surface area contributed by atoms with Gasteiger partial charge in [0.25, 0.3) is 5.56 Å². The molecule has 0 saturated carbocycles. The predicted octanol–water partition coefficient (Wildman–Crippen LogP) is 3.71. The summed E-state index contributed by atoms with van der Waals surface area (Å²) in [5.74, 6) is 0.355. The van der Waals surface area contributed by atoms with Gasteiger partial charge in [0, 0.05) is 15.6 Å². The van der Waals surface area contributed by atoms with Crippen molar-refractivity contribution >= 4 is 21.7 Å². The van der Waals surface area contributed by atoms with E-state index >= 15 is 0 Å². The number of ether oxygens (including phenoxy) is 1. The van der Waals surface area contributed by atoms with Crippen LogP contribution in [0.15, 0.2) is 57.8 Å². The molecule has 0 unspecified atom stereocenters. The second-order valence-corrected chi connectivity index (χ2v) is 6.55. The fraction of sp³-hybridized carbons (Fsp3) is 0.0500. The normalized spacial score (nSPS) is 10.0. The first kappa shape index (κ1) is 18.2. The summed E-state index contributed by atoms with van der Waals surface area (Å²) in [5.41, 5.74) is 6.56. The van der Waals surface area contributed by atoms with Gasteiger partial charge in [-0.1, -0.05) is 46.3 Å². The van der Waals surface area contributed by atoms with E-state index in [-0.39, 0.29) is 29.1 Å². The molecule has 7 heteroatoms. The SMILES string of the molecule is N#Cc1c(N)[nH]c(=O)c(C#N)c1-c1ccccc1OCc1cccc(Br)c1. The zero-order chi connectivity index (χ0) is 19.4. The highest BCUT2D eigenvalue weighted by Crippen LogP contribution is 2.35. The van der Waals surface area contributed by atoms with Crippen molar-refractivity contribution in [2.24, 2.45) is 0 Å². The minimum atomic E-state index is -0.647. The van der Waals surface area contributed by atoms with E-state index in [0.29, 0.717) is 11.3 Å². The van der Waals surface area contributed by atoms with Crippen molar-refractivity contribution in [3.05, 3.63) is 80.0 Å². The summed E-state index contributed by atoms with van der Waals surface area (Å²) in [6, 6.07) is 18.4. The first-order valence-electron chi connectivity index (χ1n) is 7.87. The number of nitrogens with two attached hydrogens (primary N) is 1. The van der Waals surface area contributed by atoms with Crippen molar-refractivity contribution in [2.75, 3.05) is 5.73 Å². The molecule has 0 aliphatic rings. The lowest BCUT2D eigenvalue weighted by atomic mass is 9.96. The third kappa shape index (κ3) is 3.69. The number of halogens is 1. The highest BCUT2D eigenvalue weighted by Gasteiger charge is 2.20. The highest BCUT2D eigenvalue weighted by atomic mass is 79.9. The van der Waals surface area contributed by atoms with E-state index in [0.717, 1.165) is 10.0 Å². The summed E-state index contributed by atoms with van der Waals surface area (Å²) in [6.07, 6.45) is 0. The molecule has 0 fully saturated rings. The number of aromatic nitrogens is 1. The molecule has 0 spiro atoms. The molecule has 2 aromatic carbocycles. The number of hydrogen-bond acceptors (Lipinski definition) is 5. The molecule has 3 N–H and O–H groups in total. The molecule has 0 amide bonds. The van der Waals surface area contributed by atoms with Gasteiger partial charge in [0.1, 0.15) is 41.4 Å². The molecule has 3 aromatic rings. The van der Waals surface area contributed by atoms with Crippen LogP contribution >= 0.6 is 15.9 Å². The first-order valence-corrected chi connectivity index (χ1v) is 8.67. The molecule has 0 atom stereocenters. The van der Waals surface area contributed by atoms with Gasteiger partial charge in [-0.15, -0.1) is 0 Å². The molecule has 0 aliphatic heterocycles. The third-order valence-corrected chi connectivity index (χ3v) is 4.40. The molecule has 1 aromatic heterocycles. The van der Waals surface area contributed by atoms with E-state index in [1.165, 1.54) is 0 Å². The van der Waals surface area contributed by atoms with Crippen molar-refractivity contribution in [3.63, 3.8) is 0 Å². The fourth-order valence-electron chi connectivity index (χ4n) is 2.70. The number of hydrogen-bond donors (Lipinski definition) is 2. The molecular formula is C20H13BrN4O2. The van der Waals surface area contributed by atoms with Gasteiger partial charge in [-0.2, -0.15) is 10.5 Å². The lowest BCUT2D eigenvalue weighted by Gasteiger charge is -2.14. The van der Waals surface area contributed by atoms with Crippen LogP contribution in [0, 0.1) is 22.7 Å². The zero-order valence-electron chi connectivity index (χ0n) is 14.0. The number of nitriles is 2. The Bertz CT molecular complexity index is 1160. The molecule has 0 saturated heterocycles. The van der Waals surface area contributed by atoms with Crippen molar-refractivity contribution in [1.82, 2.24) is 4.98 Å². The Hall–Kier alpha value is -3.55. The monoisotopic (exact) mass is 420 g/mol. The standard InChI is InChI=1S/C20H13BrN4O2/c21-13-5-3-4-12(8-13)11-27-17-7-2-1-6-14(17)18-15(9-22)19(24)25-20(26)16(18)10-23/h1-8H,11H2,(H3,24,25,26). The maximum absolute atomic E-state index is 12.1. The summed E-state index contributed by atoms with van der Waals surface area (Å²) in [4.78, 5) is 14.5. The van der Waals surface area contributed by atoms with Gasteiger partial charge in [0.2, 0.25) is 0 Å². The van der Waals surface area contributed by atoms with E-state index in [1.807, 2.05) is 36.4 Å². The summed E-state index contributed by atoms with van der Waals surface area (Å²) >= 11 is 3.41. The maximum Gasteiger partial charge on any atom is 0.268 e. The average Bonchev–Trinajstić information content (AvgIpc) is 2.66. The number of pyridine rings is 1. The lowest BCUT2D eigenvalue weighted by molar-refractivity contribution is 0.307. The van der Waals surface area contributed by atoms with Crippen LogP contribution in [-0.4, -0.2) is 4.98 Å². The molecule has 3 rings (SSSR count). The second-order valence-electron chi connectivity index (χ2n) is 5.63. The van der Waals surface area contributed by atoms with Crippen molar-refractivity contribution in [3.8, 4) is 29.0 Å². The van der Waals surface area contributed by atoms with Crippen LogP contribution in [-0.2, 0) is 6.61 Å². The molecule has 6 nitrogen and oxygen atoms in total. The molecule has 132 valence electrons. The zero-order valence-corrected chi connectivity index (χ0v) is 15.6. The number of nitrogens with zero attached hydrogens (tertiary/aromatic N) is 2. The Kier molecular flexibility index (Phi) is 5.25. The van der Waals surface area contributed by atoms with Crippen LogP contribution in [0.5, 0.6) is 5.75 Å². The minimum absolute atomic E-state index is 0.0321. The number of aromatic amines is 1. The quantitative estimate of drug-likeness (QED) is 0.666. The Morgan fingerprint density at radius 2 is 1.81 bits per heavy atom. The van der Waals surface area contributed by atoms with E-state index in [4.69, 9.17) is 10.5 Å². The van der Waals surface area contributed by atoms with Gasteiger partial charge in [-0.25, -0.2) is 0 Å². The van der Waals surface area contributed by atoms with Gasteiger partial charge in [-0.05, 0) is 23.8 Å².